The molecule has 0 radical (unpaired) electrons. The summed E-state index contributed by atoms with van der Waals surface area (Å²) in [7, 11) is 0. The maximum atomic E-state index is 13.8. The molecule has 33 heavy (non-hydrogen) atoms. The summed E-state index contributed by atoms with van der Waals surface area (Å²) in [6, 6.07) is 2.97. The number of benzene rings is 1. The molecule has 6 unspecified atom stereocenters. The zero-order chi connectivity index (χ0) is 23.2. The van der Waals surface area contributed by atoms with E-state index in [0.29, 0.717) is 23.8 Å². The fraction of sp³-hybridized carbons (Fsp3) is 0.435. The Morgan fingerprint density at radius 2 is 2.06 bits per heavy atom. The summed E-state index contributed by atoms with van der Waals surface area (Å²) in [5.74, 6) is -2.41. The molecule has 2 aliphatic carbocycles. The number of carbonyl (C=O) groups excluding carboxylic acids is 2. The van der Waals surface area contributed by atoms with E-state index in [-0.39, 0.29) is 42.1 Å². The van der Waals surface area contributed by atoms with Crippen molar-refractivity contribution in [3.05, 3.63) is 63.1 Å². The van der Waals surface area contributed by atoms with Crippen LogP contribution in [-0.2, 0) is 17.8 Å². The zero-order valence-corrected chi connectivity index (χ0v) is 17.6. The van der Waals surface area contributed by atoms with Crippen LogP contribution in [0.5, 0.6) is 5.75 Å². The first-order valence-electron chi connectivity index (χ1n) is 10.9. The minimum atomic E-state index is -0.981. The highest BCUT2D eigenvalue weighted by Crippen LogP contribution is 2.62. The minimum absolute atomic E-state index is 0.0260. The van der Waals surface area contributed by atoms with Crippen molar-refractivity contribution in [1.29, 1.82) is 0 Å². The van der Waals surface area contributed by atoms with Crippen molar-refractivity contribution in [2.45, 2.75) is 44.8 Å². The van der Waals surface area contributed by atoms with Crippen molar-refractivity contribution in [2.75, 3.05) is 0 Å². The number of aromatic hydroxyl groups is 1. The van der Waals surface area contributed by atoms with Gasteiger partial charge in [-0.05, 0) is 30.2 Å². The standard InChI is InChI=1S/C23H21F2N3O5/c1-9-17-14-5-15(18(9)17)33-16-8-27-7-12(20(29)21(30)19(27)23(32)28(14)16)22(31)26-6-10-2-3-11(24)4-13(10)25/h2-4,7,9,14-18,30H,5-6,8H2,1H3,(H,26,31). The summed E-state index contributed by atoms with van der Waals surface area (Å²) < 4.78 is 34.5. The first-order chi connectivity index (χ1) is 15.8. The lowest BCUT2D eigenvalue weighted by molar-refractivity contribution is -0.147. The molecule has 1 aromatic carbocycles. The number of fused-ring (bicyclic) bond motifs is 8. The third-order valence-corrected chi connectivity index (χ3v) is 7.61. The van der Waals surface area contributed by atoms with Crippen LogP contribution in [0, 0.1) is 29.4 Å². The average molecular weight is 457 g/mol. The number of hydrogen-bond acceptors (Lipinski definition) is 5. The van der Waals surface area contributed by atoms with Crippen molar-refractivity contribution in [3.63, 3.8) is 0 Å². The second-order valence-corrected chi connectivity index (χ2v) is 9.30. The van der Waals surface area contributed by atoms with E-state index in [1.807, 2.05) is 0 Å². The molecule has 3 fully saturated rings. The van der Waals surface area contributed by atoms with E-state index in [1.165, 1.54) is 16.8 Å². The van der Waals surface area contributed by atoms with E-state index in [4.69, 9.17) is 4.74 Å². The van der Waals surface area contributed by atoms with Gasteiger partial charge in [0.1, 0.15) is 17.2 Å². The second kappa shape index (κ2) is 6.86. The molecule has 4 aliphatic rings. The molecule has 0 spiro atoms. The third kappa shape index (κ3) is 2.86. The summed E-state index contributed by atoms with van der Waals surface area (Å²) >= 11 is 0. The molecule has 2 N–H and O–H groups in total. The molecule has 8 nitrogen and oxygen atoms in total. The van der Waals surface area contributed by atoms with Crippen molar-refractivity contribution < 1.29 is 28.2 Å². The predicted octanol–water partition coefficient (Wildman–Crippen LogP) is 1.60. The molecule has 2 aromatic rings. The summed E-state index contributed by atoms with van der Waals surface area (Å²) in [6.45, 7) is 2.05. The van der Waals surface area contributed by atoms with Gasteiger partial charge in [-0.1, -0.05) is 13.0 Å². The Kier molecular flexibility index (Phi) is 4.23. The van der Waals surface area contributed by atoms with Crippen LogP contribution in [0.3, 0.4) is 0 Å². The number of aromatic nitrogens is 1. The quantitative estimate of drug-likeness (QED) is 0.729. The van der Waals surface area contributed by atoms with Crippen LogP contribution in [0.25, 0.3) is 0 Å². The van der Waals surface area contributed by atoms with Gasteiger partial charge in [0.2, 0.25) is 5.43 Å². The number of carbonyl (C=O) groups is 2. The number of halogens is 2. The Morgan fingerprint density at radius 1 is 1.27 bits per heavy atom. The molecule has 2 bridgehead atoms. The van der Waals surface area contributed by atoms with E-state index < -0.39 is 40.9 Å². The Hall–Kier alpha value is -3.27. The van der Waals surface area contributed by atoms with Crippen LogP contribution >= 0.6 is 0 Å². The first kappa shape index (κ1) is 20.3. The number of rotatable bonds is 3. The van der Waals surface area contributed by atoms with Gasteiger partial charge in [0, 0.05) is 30.4 Å². The summed E-state index contributed by atoms with van der Waals surface area (Å²) in [4.78, 5) is 40.3. The molecule has 172 valence electrons. The zero-order valence-electron chi connectivity index (χ0n) is 17.6. The van der Waals surface area contributed by atoms with Gasteiger partial charge in [-0.25, -0.2) is 8.78 Å². The molecule has 10 heteroatoms. The topological polar surface area (TPSA) is 101 Å². The van der Waals surface area contributed by atoms with Gasteiger partial charge in [0.15, 0.2) is 17.7 Å². The first-order valence-corrected chi connectivity index (χ1v) is 10.9. The Labute approximate surface area is 186 Å². The van der Waals surface area contributed by atoms with Gasteiger partial charge in [-0.3, -0.25) is 14.4 Å². The molecule has 2 saturated carbocycles. The lowest BCUT2D eigenvalue weighted by atomic mass is 10.00. The predicted molar refractivity (Wildman–Crippen MR) is 109 cm³/mol. The fourth-order valence-electron chi connectivity index (χ4n) is 6.02. The Balaban J connectivity index is 1.29. The normalized spacial score (nSPS) is 31.0. The summed E-state index contributed by atoms with van der Waals surface area (Å²) in [5.41, 5.74) is -1.48. The lowest BCUT2D eigenvalue weighted by Gasteiger charge is -2.46. The Morgan fingerprint density at radius 3 is 2.82 bits per heavy atom. The van der Waals surface area contributed by atoms with E-state index >= 15 is 0 Å². The van der Waals surface area contributed by atoms with Gasteiger partial charge < -0.3 is 24.6 Å². The maximum absolute atomic E-state index is 13.8. The van der Waals surface area contributed by atoms with E-state index in [2.05, 4.69) is 12.2 Å². The molecule has 6 atom stereocenters. The van der Waals surface area contributed by atoms with Crippen molar-refractivity contribution >= 4 is 11.8 Å². The largest absolute Gasteiger partial charge is 0.503 e. The minimum Gasteiger partial charge on any atom is -0.503 e. The van der Waals surface area contributed by atoms with Crippen LogP contribution in [0.1, 0.15) is 39.8 Å². The smallest absolute Gasteiger partial charge is 0.276 e. The average Bonchev–Trinajstić information content (AvgIpc) is 3.34. The SMILES string of the molecule is CC1C2C3CC(C12)N1C(=O)c2c(O)c(=O)c(C(=O)NCc4ccc(F)cc4F)cn2CC1O3. The number of amides is 2. The van der Waals surface area contributed by atoms with Crippen LogP contribution in [0.2, 0.25) is 0 Å². The summed E-state index contributed by atoms with van der Waals surface area (Å²) in [5, 5.41) is 13.0. The molecular weight excluding hydrogens is 436 g/mol. The molecule has 1 saturated heterocycles. The highest BCUT2D eigenvalue weighted by Gasteiger charge is 2.67. The number of hydrogen-bond donors (Lipinski definition) is 2. The molecule has 2 aliphatic heterocycles. The van der Waals surface area contributed by atoms with Crippen LogP contribution in [0.4, 0.5) is 8.78 Å². The number of ether oxygens (including phenoxy) is 1. The van der Waals surface area contributed by atoms with Crippen LogP contribution in [0.15, 0.2) is 29.2 Å². The molecule has 3 heterocycles. The van der Waals surface area contributed by atoms with Crippen molar-refractivity contribution in [3.8, 4) is 5.75 Å². The van der Waals surface area contributed by atoms with Gasteiger partial charge >= 0.3 is 0 Å². The van der Waals surface area contributed by atoms with Gasteiger partial charge in [0.05, 0.1) is 12.6 Å². The number of nitrogens with one attached hydrogen (secondary N) is 1. The van der Waals surface area contributed by atoms with Gasteiger partial charge in [-0.2, -0.15) is 0 Å². The second-order valence-electron chi connectivity index (χ2n) is 9.30. The van der Waals surface area contributed by atoms with E-state index in [1.54, 1.807) is 4.90 Å². The number of nitrogens with zero attached hydrogens (tertiary/aromatic N) is 2. The molecular formula is C23H21F2N3O5. The highest BCUT2D eigenvalue weighted by molar-refractivity contribution is 5.99. The van der Waals surface area contributed by atoms with Gasteiger partial charge in [-0.15, -0.1) is 0 Å². The fourth-order valence-corrected chi connectivity index (χ4v) is 6.02. The van der Waals surface area contributed by atoms with Crippen molar-refractivity contribution in [2.24, 2.45) is 17.8 Å². The van der Waals surface area contributed by atoms with E-state index in [9.17, 15) is 28.3 Å². The maximum Gasteiger partial charge on any atom is 0.276 e. The van der Waals surface area contributed by atoms with Crippen LogP contribution < -0.4 is 10.7 Å². The number of pyridine rings is 1. The highest BCUT2D eigenvalue weighted by atomic mass is 19.1. The monoisotopic (exact) mass is 457 g/mol. The molecule has 1 aromatic heterocycles. The van der Waals surface area contributed by atoms with Gasteiger partial charge in [0.25, 0.3) is 11.8 Å². The van der Waals surface area contributed by atoms with Crippen molar-refractivity contribution in [1.82, 2.24) is 14.8 Å². The third-order valence-electron chi connectivity index (χ3n) is 7.61. The van der Waals surface area contributed by atoms with E-state index in [0.717, 1.165) is 12.5 Å². The lowest BCUT2D eigenvalue weighted by Crippen LogP contribution is -2.58. The molecule has 6 rings (SSSR count). The molecule has 2 amide bonds. The summed E-state index contributed by atoms with van der Waals surface area (Å²) in [6.07, 6.45) is 1.55. The Bertz CT molecular complexity index is 1280. The van der Waals surface area contributed by atoms with Crippen LogP contribution in [-0.4, -0.2) is 44.8 Å².